The van der Waals surface area contributed by atoms with E-state index in [4.69, 9.17) is 11.6 Å². The van der Waals surface area contributed by atoms with Crippen molar-refractivity contribution in [2.45, 2.75) is 57.8 Å². The molecule has 0 aliphatic carbocycles. The van der Waals surface area contributed by atoms with Gasteiger partial charge in [-0.2, -0.15) is 0 Å². The quantitative estimate of drug-likeness (QED) is 0.637. The molecule has 3 amide bonds. The lowest BCUT2D eigenvalue weighted by molar-refractivity contribution is -0.738. The number of hydrogen-bond acceptors (Lipinski definition) is 4. The first-order valence-electron chi connectivity index (χ1n) is 9.68. The molecular formula is C20H25ClN3O4+. The highest BCUT2D eigenvalue weighted by Gasteiger charge is 2.75. The molecule has 0 aromatic heterocycles. The highest BCUT2D eigenvalue weighted by atomic mass is 35.5. The van der Waals surface area contributed by atoms with Gasteiger partial charge in [-0.1, -0.05) is 18.5 Å². The first kappa shape index (κ1) is 19.4. The molecule has 1 spiro atoms. The van der Waals surface area contributed by atoms with Gasteiger partial charge in [0.2, 0.25) is 17.4 Å². The van der Waals surface area contributed by atoms with Crippen molar-refractivity contribution in [3.05, 3.63) is 28.3 Å². The first-order chi connectivity index (χ1) is 13.1. The number of carbonyl (C=O) groups excluding carboxylic acids is 3. The fourth-order valence-corrected chi connectivity index (χ4v) is 5.47. The van der Waals surface area contributed by atoms with E-state index in [-0.39, 0.29) is 23.8 Å². The Bertz CT molecular complexity index is 902. The normalized spacial score (nSPS) is 33.3. The lowest BCUT2D eigenvalue weighted by atomic mass is 9.76. The number of nitrogens with one attached hydrogen (secondary N) is 1. The minimum absolute atomic E-state index is 0.262. The zero-order chi connectivity index (χ0) is 20.5. The summed E-state index contributed by atoms with van der Waals surface area (Å²) in [5.41, 5.74) is 0.756. The molecule has 150 valence electrons. The number of anilines is 1. The second-order valence-corrected chi connectivity index (χ2v) is 8.70. The molecule has 4 N–H and O–H groups in total. The third-order valence-corrected chi connectivity index (χ3v) is 6.91. The summed E-state index contributed by atoms with van der Waals surface area (Å²) in [6, 6.07) is 2.60. The summed E-state index contributed by atoms with van der Waals surface area (Å²) in [5, 5.41) is 15.5. The van der Waals surface area contributed by atoms with Crippen LogP contribution < -0.4 is 10.6 Å². The van der Waals surface area contributed by atoms with E-state index in [0.717, 1.165) is 5.56 Å². The SMILES string of the molecule is CC[C@H](C)N1C(=O)[C@@H]2[C@@H]([C@@H](C)O)[NH2+][C@]3(C(=O)Nc4c(C)cc(Cl)cc43)[C@@H]2C1=O. The van der Waals surface area contributed by atoms with Crippen LogP contribution in [0.2, 0.25) is 5.02 Å². The summed E-state index contributed by atoms with van der Waals surface area (Å²) < 4.78 is 0. The number of aliphatic hydroxyl groups is 1. The van der Waals surface area contributed by atoms with Crippen LogP contribution in [0.1, 0.15) is 38.3 Å². The number of quaternary nitrogens is 1. The summed E-state index contributed by atoms with van der Waals surface area (Å²) in [7, 11) is 0. The van der Waals surface area contributed by atoms with Gasteiger partial charge in [0.05, 0.1) is 5.69 Å². The smallest absolute Gasteiger partial charge is 0.291 e. The molecule has 0 bridgehead atoms. The minimum atomic E-state index is -1.30. The molecule has 1 aromatic carbocycles. The van der Waals surface area contributed by atoms with Crippen molar-refractivity contribution in [2.75, 3.05) is 5.32 Å². The van der Waals surface area contributed by atoms with Gasteiger partial charge in [0, 0.05) is 16.6 Å². The van der Waals surface area contributed by atoms with E-state index in [1.54, 1.807) is 24.4 Å². The van der Waals surface area contributed by atoms with Gasteiger partial charge in [0.25, 0.3) is 5.91 Å². The Balaban J connectivity index is 1.94. The molecule has 7 nitrogen and oxygen atoms in total. The predicted molar refractivity (Wildman–Crippen MR) is 102 cm³/mol. The number of nitrogens with zero attached hydrogens (tertiary/aromatic N) is 1. The number of nitrogens with two attached hydrogens (primary N) is 1. The van der Waals surface area contributed by atoms with Crippen molar-refractivity contribution in [1.82, 2.24) is 4.90 Å². The molecule has 3 aliphatic heterocycles. The molecule has 4 rings (SSSR count). The van der Waals surface area contributed by atoms with Crippen molar-refractivity contribution in [2.24, 2.45) is 11.8 Å². The number of halogens is 1. The molecule has 3 aliphatic rings. The molecule has 28 heavy (non-hydrogen) atoms. The monoisotopic (exact) mass is 406 g/mol. The van der Waals surface area contributed by atoms with Crippen LogP contribution in [0, 0.1) is 18.8 Å². The fourth-order valence-electron chi connectivity index (χ4n) is 5.20. The van der Waals surface area contributed by atoms with Gasteiger partial charge >= 0.3 is 0 Å². The molecule has 0 saturated carbocycles. The standard InChI is InChI=1S/C20H24ClN3O4/c1-5-9(3)24-17(26)13-14(18(24)27)20(23-16(13)10(4)25)12-7-11(21)6-8(2)15(12)22-19(20)28/h6-7,9-10,13-14,16,23,25H,5H2,1-4H3,(H,22,28)/p+1/t9-,10+,13-,14-,16+,20-/m0/s1. The molecule has 0 unspecified atom stereocenters. The number of fused-ring (bicyclic) bond motifs is 4. The van der Waals surface area contributed by atoms with Gasteiger partial charge in [-0.15, -0.1) is 0 Å². The van der Waals surface area contributed by atoms with E-state index in [9.17, 15) is 19.5 Å². The maximum atomic E-state index is 13.4. The van der Waals surface area contributed by atoms with E-state index < -0.39 is 29.5 Å². The molecule has 1 aromatic rings. The lowest BCUT2D eigenvalue weighted by Gasteiger charge is -2.29. The van der Waals surface area contributed by atoms with Gasteiger partial charge in [-0.05, 0) is 44.9 Å². The Labute approximate surface area is 168 Å². The van der Waals surface area contributed by atoms with Crippen LogP contribution in [-0.4, -0.2) is 45.9 Å². The Morgan fingerprint density at radius 2 is 1.96 bits per heavy atom. The largest absolute Gasteiger partial charge is 0.387 e. The minimum Gasteiger partial charge on any atom is -0.387 e. The summed E-state index contributed by atoms with van der Waals surface area (Å²) in [6.07, 6.45) is -0.238. The topological polar surface area (TPSA) is 103 Å². The van der Waals surface area contributed by atoms with Crippen molar-refractivity contribution < 1.29 is 24.8 Å². The van der Waals surface area contributed by atoms with Crippen LogP contribution in [0.4, 0.5) is 5.69 Å². The van der Waals surface area contributed by atoms with E-state index >= 15 is 0 Å². The Morgan fingerprint density at radius 3 is 2.57 bits per heavy atom. The van der Waals surface area contributed by atoms with Crippen molar-refractivity contribution in [1.29, 1.82) is 0 Å². The Hall–Kier alpha value is -1.96. The van der Waals surface area contributed by atoms with Gasteiger partial charge in [-0.3, -0.25) is 19.3 Å². The van der Waals surface area contributed by atoms with Crippen molar-refractivity contribution in [3.8, 4) is 0 Å². The number of imide groups is 1. The number of hydrogen-bond donors (Lipinski definition) is 3. The average Bonchev–Trinajstić information content (AvgIpc) is 3.21. The van der Waals surface area contributed by atoms with Crippen LogP contribution >= 0.6 is 11.6 Å². The highest BCUT2D eigenvalue weighted by molar-refractivity contribution is 6.31. The van der Waals surface area contributed by atoms with E-state index in [1.807, 2.05) is 20.8 Å². The third-order valence-electron chi connectivity index (χ3n) is 6.69. The molecule has 2 saturated heterocycles. The molecule has 8 heteroatoms. The number of amides is 3. The van der Waals surface area contributed by atoms with Gasteiger partial charge in [-0.25, -0.2) is 0 Å². The third kappa shape index (κ3) is 2.27. The summed E-state index contributed by atoms with van der Waals surface area (Å²) in [5.74, 6) is -2.60. The zero-order valence-electron chi connectivity index (χ0n) is 16.3. The molecule has 6 atom stereocenters. The molecule has 2 fully saturated rings. The van der Waals surface area contributed by atoms with Crippen LogP contribution in [0.15, 0.2) is 12.1 Å². The number of likely N-dealkylation sites (tertiary alicyclic amines) is 1. The maximum absolute atomic E-state index is 13.4. The molecular weight excluding hydrogens is 382 g/mol. The van der Waals surface area contributed by atoms with E-state index in [0.29, 0.717) is 22.7 Å². The van der Waals surface area contributed by atoms with Gasteiger partial charge < -0.3 is 15.7 Å². The zero-order valence-corrected chi connectivity index (χ0v) is 17.1. The summed E-state index contributed by atoms with van der Waals surface area (Å²) in [6.45, 7) is 7.18. The number of rotatable bonds is 3. The Kier molecular flexibility index (Phi) is 4.34. The molecule has 3 heterocycles. The number of aliphatic hydroxyl groups excluding tert-OH is 1. The number of aryl methyl sites for hydroxylation is 1. The molecule has 0 radical (unpaired) electrons. The Morgan fingerprint density at radius 1 is 1.29 bits per heavy atom. The van der Waals surface area contributed by atoms with Crippen molar-refractivity contribution >= 4 is 35.0 Å². The second kappa shape index (κ2) is 6.27. The summed E-state index contributed by atoms with van der Waals surface area (Å²) >= 11 is 6.28. The van der Waals surface area contributed by atoms with Gasteiger partial charge in [0.15, 0.2) is 0 Å². The summed E-state index contributed by atoms with van der Waals surface area (Å²) in [4.78, 5) is 41.2. The van der Waals surface area contributed by atoms with Crippen LogP contribution in [-0.2, 0) is 19.9 Å². The van der Waals surface area contributed by atoms with Crippen molar-refractivity contribution in [3.63, 3.8) is 0 Å². The number of benzene rings is 1. The van der Waals surface area contributed by atoms with E-state index in [1.165, 1.54) is 4.90 Å². The van der Waals surface area contributed by atoms with Gasteiger partial charge in [0.1, 0.15) is 24.0 Å². The lowest BCUT2D eigenvalue weighted by Crippen LogP contribution is -3.00. The van der Waals surface area contributed by atoms with Crippen LogP contribution in [0.5, 0.6) is 0 Å². The van der Waals surface area contributed by atoms with Crippen LogP contribution in [0.3, 0.4) is 0 Å². The fraction of sp³-hybridized carbons (Fsp3) is 0.550. The maximum Gasteiger partial charge on any atom is 0.291 e. The highest BCUT2D eigenvalue weighted by Crippen LogP contribution is 2.51. The predicted octanol–water partition coefficient (Wildman–Crippen LogP) is 0.522. The average molecular weight is 407 g/mol. The van der Waals surface area contributed by atoms with E-state index in [2.05, 4.69) is 5.32 Å². The second-order valence-electron chi connectivity index (χ2n) is 8.26. The van der Waals surface area contributed by atoms with Crippen LogP contribution in [0.25, 0.3) is 0 Å². The first-order valence-corrected chi connectivity index (χ1v) is 10.1. The number of carbonyl (C=O) groups is 3.